The number of rotatable bonds is 6. The van der Waals surface area contributed by atoms with Gasteiger partial charge in [-0.2, -0.15) is 0 Å². The number of nitrogens with one attached hydrogen (secondary N) is 1. The van der Waals surface area contributed by atoms with Gasteiger partial charge in [0.2, 0.25) is 0 Å². The van der Waals surface area contributed by atoms with Crippen molar-refractivity contribution in [1.29, 1.82) is 0 Å². The van der Waals surface area contributed by atoms with Gasteiger partial charge < -0.3 is 10.1 Å². The molecule has 16 heavy (non-hydrogen) atoms. The van der Waals surface area contributed by atoms with Gasteiger partial charge in [-0.25, -0.2) is 8.42 Å². The molecule has 1 aliphatic carbocycles. The fraction of sp³-hybridized carbons (Fsp3) is 1.00. The Kier molecular flexibility index (Phi) is 5.72. The van der Waals surface area contributed by atoms with Gasteiger partial charge in [-0.1, -0.05) is 12.8 Å². The summed E-state index contributed by atoms with van der Waals surface area (Å²) in [5, 5.41) is 3.16. The number of ether oxygens (including phenoxy) is 1. The summed E-state index contributed by atoms with van der Waals surface area (Å²) in [5.74, 6) is 0. The number of hydrogen-bond donors (Lipinski definition) is 1. The van der Waals surface area contributed by atoms with Crippen LogP contribution < -0.4 is 5.32 Å². The molecule has 0 heterocycles. The van der Waals surface area contributed by atoms with Gasteiger partial charge in [-0.15, -0.1) is 0 Å². The summed E-state index contributed by atoms with van der Waals surface area (Å²) in [7, 11) is -1.23. The molecule has 5 heteroatoms. The standard InChI is InChI=1S/C11H23NO3S/c1-15-9-5-8-12-10-6-3-4-7-11(10)16(2,13)14/h10-12H,3-9H2,1-2H3. The van der Waals surface area contributed by atoms with Crippen LogP contribution >= 0.6 is 0 Å². The summed E-state index contributed by atoms with van der Waals surface area (Å²) in [5.41, 5.74) is 0. The first kappa shape index (κ1) is 13.9. The molecule has 0 amide bonds. The van der Waals surface area contributed by atoms with Gasteiger partial charge in [0, 0.05) is 26.0 Å². The Hall–Kier alpha value is -0.130. The van der Waals surface area contributed by atoms with E-state index in [0.29, 0.717) is 0 Å². The highest BCUT2D eigenvalue weighted by Crippen LogP contribution is 2.23. The first-order chi connectivity index (χ1) is 7.55. The van der Waals surface area contributed by atoms with Gasteiger partial charge in [0.25, 0.3) is 0 Å². The second kappa shape index (κ2) is 6.57. The molecule has 1 fully saturated rings. The third-order valence-electron chi connectivity index (χ3n) is 3.18. The molecular weight excluding hydrogens is 226 g/mol. The lowest BCUT2D eigenvalue weighted by Gasteiger charge is -2.31. The van der Waals surface area contributed by atoms with E-state index in [1.807, 2.05) is 0 Å². The van der Waals surface area contributed by atoms with Crippen molar-refractivity contribution >= 4 is 9.84 Å². The van der Waals surface area contributed by atoms with Gasteiger partial charge in [0.05, 0.1) is 5.25 Å². The van der Waals surface area contributed by atoms with E-state index in [0.717, 1.165) is 45.3 Å². The Morgan fingerprint density at radius 2 is 2.00 bits per heavy atom. The van der Waals surface area contributed by atoms with Crippen LogP contribution in [0.1, 0.15) is 32.1 Å². The zero-order valence-corrected chi connectivity index (χ0v) is 11.1. The Labute approximate surface area is 98.7 Å². The molecule has 0 aromatic heterocycles. The predicted octanol–water partition coefficient (Wildman–Crippen LogP) is 0.968. The number of sulfone groups is 1. The van der Waals surface area contributed by atoms with Crippen LogP contribution in [0.25, 0.3) is 0 Å². The fourth-order valence-electron chi connectivity index (χ4n) is 2.35. The Balaban J connectivity index is 2.42. The molecule has 1 rings (SSSR count). The van der Waals surface area contributed by atoms with Crippen LogP contribution in [0.2, 0.25) is 0 Å². The minimum Gasteiger partial charge on any atom is -0.385 e. The van der Waals surface area contributed by atoms with E-state index >= 15 is 0 Å². The van der Waals surface area contributed by atoms with Crippen molar-refractivity contribution in [2.75, 3.05) is 26.5 Å². The summed E-state index contributed by atoms with van der Waals surface area (Å²) < 4.78 is 28.2. The summed E-state index contributed by atoms with van der Waals surface area (Å²) in [6.07, 6.45) is 6.24. The normalized spacial score (nSPS) is 26.9. The highest BCUT2D eigenvalue weighted by molar-refractivity contribution is 7.91. The fourth-order valence-corrected chi connectivity index (χ4v) is 3.77. The minimum absolute atomic E-state index is 0.139. The van der Waals surface area contributed by atoms with Crippen molar-refractivity contribution in [1.82, 2.24) is 5.32 Å². The second-order valence-electron chi connectivity index (χ2n) is 4.56. The highest BCUT2D eigenvalue weighted by Gasteiger charge is 2.31. The Morgan fingerprint density at radius 3 is 2.62 bits per heavy atom. The smallest absolute Gasteiger partial charge is 0.151 e. The van der Waals surface area contributed by atoms with Gasteiger partial charge >= 0.3 is 0 Å². The average molecular weight is 249 g/mol. The molecule has 1 aliphatic rings. The molecule has 0 aromatic carbocycles. The molecule has 0 bridgehead atoms. The second-order valence-corrected chi connectivity index (χ2v) is 6.82. The largest absolute Gasteiger partial charge is 0.385 e. The lowest BCUT2D eigenvalue weighted by atomic mass is 9.95. The first-order valence-electron chi connectivity index (χ1n) is 5.97. The molecule has 4 nitrogen and oxygen atoms in total. The van der Waals surface area contributed by atoms with Crippen LogP contribution in [0.5, 0.6) is 0 Å². The molecule has 0 radical (unpaired) electrons. The molecule has 1 N–H and O–H groups in total. The summed E-state index contributed by atoms with van der Waals surface area (Å²) in [6.45, 7) is 1.56. The lowest BCUT2D eigenvalue weighted by molar-refractivity contribution is 0.192. The summed E-state index contributed by atoms with van der Waals surface area (Å²) >= 11 is 0. The van der Waals surface area contributed by atoms with Gasteiger partial charge in [0.15, 0.2) is 9.84 Å². The highest BCUT2D eigenvalue weighted by atomic mass is 32.2. The van der Waals surface area contributed by atoms with Crippen molar-refractivity contribution < 1.29 is 13.2 Å². The third-order valence-corrected chi connectivity index (χ3v) is 4.85. The van der Waals surface area contributed by atoms with E-state index in [-0.39, 0.29) is 11.3 Å². The van der Waals surface area contributed by atoms with E-state index in [4.69, 9.17) is 4.74 Å². The monoisotopic (exact) mass is 249 g/mol. The van der Waals surface area contributed by atoms with Crippen molar-refractivity contribution in [3.05, 3.63) is 0 Å². The maximum absolute atomic E-state index is 11.6. The molecular formula is C11H23NO3S. The zero-order valence-electron chi connectivity index (χ0n) is 10.2. The molecule has 0 saturated heterocycles. The molecule has 0 aliphatic heterocycles. The van der Waals surface area contributed by atoms with Crippen molar-refractivity contribution in [2.45, 2.75) is 43.4 Å². The molecule has 0 spiro atoms. The van der Waals surface area contributed by atoms with Crippen LogP contribution in [0.15, 0.2) is 0 Å². The van der Waals surface area contributed by atoms with E-state index in [2.05, 4.69) is 5.32 Å². The van der Waals surface area contributed by atoms with Crippen molar-refractivity contribution in [3.63, 3.8) is 0 Å². The van der Waals surface area contributed by atoms with Crippen molar-refractivity contribution in [3.8, 4) is 0 Å². The third kappa shape index (κ3) is 4.39. The van der Waals surface area contributed by atoms with Crippen LogP contribution in [0, 0.1) is 0 Å². The predicted molar refractivity (Wildman–Crippen MR) is 65.4 cm³/mol. The van der Waals surface area contributed by atoms with Gasteiger partial charge in [-0.05, 0) is 25.8 Å². The molecule has 0 aromatic rings. The van der Waals surface area contributed by atoms with E-state index in [9.17, 15) is 8.42 Å². The molecule has 96 valence electrons. The Morgan fingerprint density at radius 1 is 1.31 bits per heavy atom. The van der Waals surface area contributed by atoms with Gasteiger partial charge in [-0.3, -0.25) is 0 Å². The summed E-state index contributed by atoms with van der Waals surface area (Å²) in [6, 6.07) is 0.139. The SMILES string of the molecule is COCCCNC1CCCCC1S(C)(=O)=O. The average Bonchev–Trinajstić information content (AvgIpc) is 2.24. The quantitative estimate of drug-likeness (QED) is 0.713. The minimum atomic E-state index is -2.91. The van der Waals surface area contributed by atoms with E-state index < -0.39 is 9.84 Å². The number of methoxy groups -OCH3 is 1. The van der Waals surface area contributed by atoms with Crippen LogP contribution in [-0.4, -0.2) is 46.2 Å². The van der Waals surface area contributed by atoms with Crippen LogP contribution in [-0.2, 0) is 14.6 Å². The van der Waals surface area contributed by atoms with Crippen LogP contribution in [0.4, 0.5) is 0 Å². The maximum Gasteiger partial charge on any atom is 0.151 e. The van der Waals surface area contributed by atoms with Crippen LogP contribution in [0.3, 0.4) is 0 Å². The van der Waals surface area contributed by atoms with Gasteiger partial charge in [0.1, 0.15) is 0 Å². The zero-order chi connectivity index (χ0) is 12.0. The lowest BCUT2D eigenvalue weighted by Crippen LogP contribution is -2.46. The maximum atomic E-state index is 11.6. The first-order valence-corrected chi connectivity index (χ1v) is 7.92. The van der Waals surface area contributed by atoms with E-state index in [1.54, 1.807) is 7.11 Å². The molecule has 2 unspecified atom stereocenters. The number of hydrogen-bond acceptors (Lipinski definition) is 4. The topological polar surface area (TPSA) is 55.4 Å². The molecule has 2 atom stereocenters. The molecule has 1 saturated carbocycles. The Bertz CT molecular complexity index is 290. The van der Waals surface area contributed by atoms with Crippen molar-refractivity contribution in [2.24, 2.45) is 0 Å². The summed E-state index contributed by atoms with van der Waals surface area (Å²) in [4.78, 5) is 0. The van der Waals surface area contributed by atoms with E-state index in [1.165, 1.54) is 6.26 Å².